The zero-order chi connectivity index (χ0) is 17.5. The number of nitrogens with zero attached hydrogens (tertiary/aromatic N) is 3. The van der Waals surface area contributed by atoms with E-state index in [1.165, 1.54) is 0 Å². The minimum Gasteiger partial charge on any atom is -0.393 e. The molecule has 0 amide bonds. The molecular formula is C19H28IN5O. The minimum absolute atomic E-state index is 0. The molecule has 2 aromatic rings. The third-order valence-electron chi connectivity index (χ3n) is 4.56. The second kappa shape index (κ2) is 10.5. The highest BCUT2D eigenvalue weighted by Crippen LogP contribution is 2.18. The summed E-state index contributed by atoms with van der Waals surface area (Å²) in [5.74, 6) is 0.837. The summed E-state index contributed by atoms with van der Waals surface area (Å²) in [5.41, 5.74) is 2.25. The highest BCUT2D eigenvalue weighted by atomic mass is 127. The summed E-state index contributed by atoms with van der Waals surface area (Å²) in [7, 11) is 0. The SMILES string of the molecule is CCNC(=NCc1ccccc1-n1ccnc1)NC1CCC(O)CC1.I. The molecular weight excluding hydrogens is 441 g/mol. The quantitative estimate of drug-likeness (QED) is 0.358. The van der Waals surface area contributed by atoms with Gasteiger partial charge in [0, 0.05) is 25.0 Å². The summed E-state index contributed by atoms with van der Waals surface area (Å²) in [6, 6.07) is 8.62. The molecule has 0 unspecified atom stereocenters. The monoisotopic (exact) mass is 469 g/mol. The Morgan fingerprint density at radius 2 is 2.04 bits per heavy atom. The predicted molar refractivity (Wildman–Crippen MR) is 115 cm³/mol. The van der Waals surface area contributed by atoms with Crippen LogP contribution in [-0.2, 0) is 6.54 Å². The van der Waals surface area contributed by atoms with E-state index >= 15 is 0 Å². The molecule has 26 heavy (non-hydrogen) atoms. The van der Waals surface area contributed by atoms with Gasteiger partial charge in [0.05, 0.1) is 24.7 Å². The van der Waals surface area contributed by atoms with Crippen LogP contribution in [0.15, 0.2) is 48.0 Å². The molecule has 0 spiro atoms. The topological polar surface area (TPSA) is 74.5 Å². The van der Waals surface area contributed by atoms with Crippen molar-refractivity contribution in [1.29, 1.82) is 0 Å². The summed E-state index contributed by atoms with van der Waals surface area (Å²) in [6.07, 6.45) is 9.08. The van der Waals surface area contributed by atoms with Gasteiger partial charge in [-0.15, -0.1) is 24.0 Å². The molecule has 0 radical (unpaired) electrons. The lowest BCUT2D eigenvalue weighted by molar-refractivity contribution is 0.120. The van der Waals surface area contributed by atoms with Gasteiger partial charge in [0.1, 0.15) is 0 Å². The fourth-order valence-electron chi connectivity index (χ4n) is 3.20. The molecule has 6 nitrogen and oxygen atoms in total. The first-order valence-electron chi connectivity index (χ1n) is 9.05. The van der Waals surface area contributed by atoms with Crippen LogP contribution in [0, 0.1) is 0 Å². The van der Waals surface area contributed by atoms with E-state index in [0.717, 1.165) is 49.4 Å². The second-order valence-electron chi connectivity index (χ2n) is 6.44. The first kappa shape index (κ1) is 20.7. The van der Waals surface area contributed by atoms with Crippen LogP contribution in [-0.4, -0.2) is 39.3 Å². The number of aliphatic hydroxyl groups excluding tert-OH is 1. The molecule has 1 aliphatic carbocycles. The zero-order valence-corrected chi connectivity index (χ0v) is 17.5. The summed E-state index contributed by atoms with van der Waals surface area (Å²) >= 11 is 0. The normalized spacial score (nSPS) is 20.3. The summed E-state index contributed by atoms with van der Waals surface area (Å²) in [4.78, 5) is 8.90. The number of halogens is 1. The molecule has 0 bridgehead atoms. The van der Waals surface area contributed by atoms with E-state index in [4.69, 9.17) is 4.99 Å². The first-order valence-corrected chi connectivity index (χ1v) is 9.05. The first-order chi connectivity index (χ1) is 12.3. The van der Waals surface area contributed by atoms with Crippen molar-refractivity contribution in [3.63, 3.8) is 0 Å². The average Bonchev–Trinajstić information content (AvgIpc) is 3.16. The van der Waals surface area contributed by atoms with Crippen molar-refractivity contribution in [2.45, 2.75) is 51.3 Å². The highest BCUT2D eigenvalue weighted by molar-refractivity contribution is 14.0. The van der Waals surface area contributed by atoms with Crippen LogP contribution < -0.4 is 10.6 Å². The Hall–Kier alpha value is -1.61. The van der Waals surface area contributed by atoms with Gasteiger partial charge in [-0.3, -0.25) is 0 Å². The molecule has 0 saturated heterocycles. The van der Waals surface area contributed by atoms with Gasteiger partial charge in [-0.1, -0.05) is 18.2 Å². The lowest BCUT2D eigenvalue weighted by Crippen LogP contribution is -2.45. The Labute approximate surface area is 172 Å². The van der Waals surface area contributed by atoms with Gasteiger partial charge < -0.3 is 20.3 Å². The number of imidazole rings is 1. The molecule has 3 N–H and O–H groups in total. The van der Waals surface area contributed by atoms with E-state index in [9.17, 15) is 5.11 Å². The van der Waals surface area contributed by atoms with Crippen LogP contribution in [0.3, 0.4) is 0 Å². The molecule has 7 heteroatoms. The minimum atomic E-state index is -0.139. The van der Waals surface area contributed by atoms with Crippen molar-refractivity contribution in [2.75, 3.05) is 6.54 Å². The third kappa shape index (κ3) is 5.70. The molecule has 1 saturated carbocycles. The van der Waals surface area contributed by atoms with E-state index in [0.29, 0.717) is 12.6 Å². The number of benzene rings is 1. The molecule has 1 heterocycles. The van der Waals surface area contributed by atoms with Crippen molar-refractivity contribution < 1.29 is 5.11 Å². The molecule has 1 aromatic heterocycles. The molecule has 1 aromatic carbocycles. The lowest BCUT2D eigenvalue weighted by Gasteiger charge is -2.27. The third-order valence-corrected chi connectivity index (χ3v) is 4.56. The Morgan fingerprint density at radius 1 is 1.27 bits per heavy atom. The van der Waals surface area contributed by atoms with Crippen molar-refractivity contribution in [3.8, 4) is 5.69 Å². The van der Waals surface area contributed by atoms with Gasteiger partial charge in [0.2, 0.25) is 0 Å². The maximum absolute atomic E-state index is 9.66. The van der Waals surface area contributed by atoms with Crippen molar-refractivity contribution in [3.05, 3.63) is 48.5 Å². The number of hydrogen-bond donors (Lipinski definition) is 3. The van der Waals surface area contributed by atoms with Crippen molar-refractivity contribution in [1.82, 2.24) is 20.2 Å². The summed E-state index contributed by atoms with van der Waals surface area (Å²) in [6.45, 7) is 3.49. The van der Waals surface area contributed by atoms with Gasteiger partial charge in [0.15, 0.2) is 5.96 Å². The van der Waals surface area contributed by atoms with Gasteiger partial charge in [0.25, 0.3) is 0 Å². The molecule has 1 aliphatic rings. The number of aromatic nitrogens is 2. The van der Waals surface area contributed by atoms with E-state index in [2.05, 4.69) is 34.7 Å². The van der Waals surface area contributed by atoms with Crippen molar-refractivity contribution in [2.24, 2.45) is 4.99 Å². The van der Waals surface area contributed by atoms with Gasteiger partial charge in [-0.05, 0) is 44.2 Å². The summed E-state index contributed by atoms with van der Waals surface area (Å²) < 4.78 is 2.01. The van der Waals surface area contributed by atoms with Crippen LogP contribution >= 0.6 is 24.0 Å². The van der Waals surface area contributed by atoms with E-state index in [1.54, 1.807) is 12.5 Å². The fourth-order valence-corrected chi connectivity index (χ4v) is 3.20. The van der Waals surface area contributed by atoms with Crippen LogP contribution in [0.5, 0.6) is 0 Å². The standard InChI is InChI=1S/C19H27N5O.HI/c1-2-21-19(23-16-7-9-17(25)10-8-16)22-13-15-5-3-4-6-18(15)24-12-11-20-14-24;/h3-6,11-12,14,16-17,25H,2,7-10,13H2,1H3,(H2,21,22,23);1H. The molecule has 0 aliphatic heterocycles. The predicted octanol–water partition coefficient (Wildman–Crippen LogP) is 2.85. The molecule has 1 fully saturated rings. The molecule has 142 valence electrons. The van der Waals surface area contributed by atoms with Crippen LogP contribution in [0.2, 0.25) is 0 Å². The average molecular weight is 469 g/mol. The number of para-hydroxylation sites is 1. The van der Waals surface area contributed by atoms with E-state index in [1.807, 2.05) is 22.9 Å². The Bertz CT molecular complexity index is 681. The van der Waals surface area contributed by atoms with Crippen LogP contribution in [0.4, 0.5) is 0 Å². The number of hydrogen-bond acceptors (Lipinski definition) is 3. The van der Waals surface area contributed by atoms with Crippen LogP contribution in [0.1, 0.15) is 38.2 Å². The highest BCUT2D eigenvalue weighted by Gasteiger charge is 2.20. The van der Waals surface area contributed by atoms with Gasteiger partial charge in [-0.2, -0.15) is 0 Å². The van der Waals surface area contributed by atoms with Gasteiger partial charge >= 0.3 is 0 Å². The number of aliphatic hydroxyl groups is 1. The Balaban J connectivity index is 0.00000243. The van der Waals surface area contributed by atoms with E-state index < -0.39 is 0 Å². The number of nitrogens with one attached hydrogen (secondary N) is 2. The van der Waals surface area contributed by atoms with Crippen molar-refractivity contribution >= 4 is 29.9 Å². The maximum atomic E-state index is 9.66. The Morgan fingerprint density at radius 3 is 2.73 bits per heavy atom. The number of rotatable bonds is 5. The van der Waals surface area contributed by atoms with Crippen LogP contribution in [0.25, 0.3) is 5.69 Å². The Kier molecular flexibility index (Phi) is 8.37. The zero-order valence-electron chi connectivity index (χ0n) is 15.1. The maximum Gasteiger partial charge on any atom is 0.191 e. The molecule has 0 atom stereocenters. The van der Waals surface area contributed by atoms with E-state index in [-0.39, 0.29) is 30.1 Å². The summed E-state index contributed by atoms with van der Waals surface area (Å²) in [5, 5.41) is 16.5. The number of aliphatic imine (C=N–C) groups is 1. The largest absolute Gasteiger partial charge is 0.393 e. The smallest absolute Gasteiger partial charge is 0.191 e. The second-order valence-corrected chi connectivity index (χ2v) is 6.44. The molecule has 3 rings (SSSR count). The lowest BCUT2D eigenvalue weighted by atomic mass is 9.93. The van der Waals surface area contributed by atoms with Gasteiger partial charge in [-0.25, -0.2) is 9.98 Å². The number of guanidine groups is 1. The fraction of sp³-hybridized carbons (Fsp3) is 0.474.